The van der Waals surface area contributed by atoms with Crippen molar-refractivity contribution < 1.29 is 9.59 Å². The van der Waals surface area contributed by atoms with E-state index in [2.05, 4.69) is 30.8 Å². The summed E-state index contributed by atoms with van der Waals surface area (Å²) in [6, 6.07) is 10.4. The summed E-state index contributed by atoms with van der Waals surface area (Å²) in [4.78, 5) is 31.1. The molecule has 0 bridgehead atoms. The number of nitrogens with one attached hydrogen (secondary N) is 4. The van der Waals surface area contributed by atoms with Gasteiger partial charge in [-0.2, -0.15) is 5.10 Å². The summed E-state index contributed by atoms with van der Waals surface area (Å²) in [5.74, 6) is -1.50. The van der Waals surface area contributed by atoms with Crippen molar-refractivity contribution in [2.24, 2.45) is 0 Å². The zero-order chi connectivity index (χ0) is 16.5. The van der Waals surface area contributed by atoms with Gasteiger partial charge in [-0.1, -0.05) is 0 Å². The summed E-state index contributed by atoms with van der Waals surface area (Å²) in [7, 11) is 0. The first-order chi connectivity index (χ1) is 11.7. The van der Waals surface area contributed by atoms with E-state index < -0.39 is 11.8 Å². The van der Waals surface area contributed by atoms with Crippen LogP contribution in [0.5, 0.6) is 0 Å². The van der Waals surface area contributed by atoms with Gasteiger partial charge in [0.05, 0.1) is 29.1 Å². The van der Waals surface area contributed by atoms with Gasteiger partial charge in [-0.15, -0.1) is 0 Å². The smallest absolute Gasteiger partial charge is 0.314 e. The van der Waals surface area contributed by atoms with Crippen LogP contribution in [0.4, 0.5) is 11.4 Å². The predicted molar refractivity (Wildman–Crippen MR) is 89.4 cm³/mol. The summed E-state index contributed by atoms with van der Waals surface area (Å²) >= 11 is 0. The average Bonchev–Trinajstić information content (AvgIpc) is 3.22. The number of aromatic amines is 2. The van der Waals surface area contributed by atoms with Crippen molar-refractivity contribution in [3.8, 4) is 0 Å². The molecule has 24 heavy (non-hydrogen) atoms. The summed E-state index contributed by atoms with van der Waals surface area (Å²) < 4.78 is 0. The second kappa shape index (κ2) is 5.51. The molecule has 4 rings (SSSR count). The maximum atomic E-state index is 12.0. The number of H-pyrrole nitrogens is 2. The lowest BCUT2D eigenvalue weighted by Crippen LogP contribution is -2.29. The topological polar surface area (TPSA) is 116 Å². The van der Waals surface area contributed by atoms with Crippen LogP contribution in [0.15, 0.2) is 48.9 Å². The molecule has 0 spiro atoms. The number of anilines is 2. The van der Waals surface area contributed by atoms with Crippen LogP contribution < -0.4 is 10.6 Å². The minimum Gasteiger partial charge on any atom is -0.345 e. The van der Waals surface area contributed by atoms with Crippen molar-refractivity contribution in [2.45, 2.75) is 0 Å². The van der Waals surface area contributed by atoms with E-state index in [0.29, 0.717) is 11.4 Å². The Morgan fingerprint density at radius 2 is 1.62 bits per heavy atom. The highest BCUT2D eigenvalue weighted by molar-refractivity contribution is 6.43. The molecule has 2 aromatic heterocycles. The minimum absolute atomic E-state index is 0.510. The fourth-order valence-corrected chi connectivity index (χ4v) is 2.40. The van der Waals surface area contributed by atoms with Gasteiger partial charge in [0.15, 0.2) is 0 Å². The molecule has 2 heterocycles. The highest BCUT2D eigenvalue weighted by atomic mass is 16.2. The zero-order valence-electron chi connectivity index (χ0n) is 12.3. The van der Waals surface area contributed by atoms with Crippen molar-refractivity contribution in [2.75, 3.05) is 10.6 Å². The van der Waals surface area contributed by atoms with Crippen molar-refractivity contribution in [1.82, 2.24) is 20.2 Å². The number of hydrogen-bond acceptors (Lipinski definition) is 4. The predicted octanol–water partition coefficient (Wildman–Crippen LogP) is 2.02. The number of rotatable bonds is 2. The molecule has 0 fully saturated rings. The molecule has 0 unspecified atom stereocenters. The van der Waals surface area contributed by atoms with Gasteiger partial charge in [0.2, 0.25) is 0 Å². The van der Waals surface area contributed by atoms with Crippen molar-refractivity contribution in [3.63, 3.8) is 0 Å². The zero-order valence-corrected chi connectivity index (χ0v) is 12.3. The highest BCUT2D eigenvalue weighted by Gasteiger charge is 2.14. The van der Waals surface area contributed by atoms with Crippen molar-refractivity contribution in [1.29, 1.82) is 0 Å². The molecule has 0 saturated carbocycles. The van der Waals surface area contributed by atoms with Crippen LogP contribution in [0.2, 0.25) is 0 Å². The summed E-state index contributed by atoms with van der Waals surface area (Å²) in [5, 5.41) is 12.7. The molecule has 0 saturated heterocycles. The number of amides is 2. The van der Waals surface area contributed by atoms with E-state index in [1.54, 1.807) is 48.9 Å². The highest BCUT2D eigenvalue weighted by Crippen LogP contribution is 2.17. The quantitative estimate of drug-likeness (QED) is 0.423. The van der Waals surface area contributed by atoms with Gasteiger partial charge >= 0.3 is 11.8 Å². The number of carbonyl (C=O) groups is 2. The van der Waals surface area contributed by atoms with Crippen LogP contribution in [0.3, 0.4) is 0 Å². The number of fused-ring (bicyclic) bond motifs is 2. The Balaban J connectivity index is 1.47. The largest absolute Gasteiger partial charge is 0.345 e. The van der Waals surface area contributed by atoms with E-state index in [1.165, 1.54) is 0 Å². The molecule has 118 valence electrons. The third kappa shape index (κ3) is 2.56. The van der Waals surface area contributed by atoms with Crippen LogP contribution in [0.1, 0.15) is 0 Å². The SMILES string of the molecule is O=C(Nc1ccc2cn[nH]c2c1)C(=O)Nc1ccc2nc[nH]c2c1. The summed E-state index contributed by atoms with van der Waals surface area (Å²) in [6.07, 6.45) is 3.24. The number of carbonyl (C=O) groups excluding carboxylic acids is 2. The van der Waals surface area contributed by atoms with Crippen LogP contribution in [-0.2, 0) is 9.59 Å². The van der Waals surface area contributed by atoms with Crippen molar-refractivity contribution in [3.05, 3.63) is 48.9 Å². The van der Waals surface area contributed by atoms with Gasteiger partial charge < -0.3 is 15.6 Å². The van der Waals surface area contributed by atoms with Gasteiger partial charge in [-0.05, 0) is 36.4 Å². The number of aromatic nitrogens is 4. The minimum atomic E-state index is -0.751. The Morgan fingerprint density at radius 1 is 0.917 bits per heavy atom. The van der Waals surface area contributed by atoms with Crippen LogP contribution in [0.25, 0.3) is 21.9 Å². The maximum Gasteiger partial charge on any atom is 0.314 e. The van der Waals surface area contributed by atoms with Crippen LogP contribution in [0, 0.1) is 0 Å². The normalized spacial score (nSPS) is 10.8. The van der Waals surface area contributed by atoms with Gasteiger partial charge in [-0.3, -0.25) is 14.7 Å². The molecule has 0 radical (unpaired) electrons. The Morgan fingerprint density at radius 3 is 2.42 bits per heavy atom. The van der Waals surface area contributed by atoms with Crippen LogP contribution >= 0.6 is 0 Å². The standard InChI is InChI=1S/C16H12N6O2/c23-15(20-10-2-1-9-7-19-22-13(9)5-10)16(24)21-11-3-4-12-14(6-11)18-8-17-12/h1-8H,(H,17,18)(H,19,22)(H,20,23)(H,21,24). The molecule has 0 aliphatic carbocycles. The molecule has 0 aliphatic heterocycles. The molecular weight excluding hydrogens is 308 g/mol. The second-order valence-electron chi connectivity index (χ2n) is 5.21. The Hall–Kier alpha value is -3.68. The van der Waals surface area contributed by atoms with Crippen LogP contribution in [-0.4, -0.2) is 32.0 Å². The average molecular weight is 320 g/mol. The molecule has 2 amide bonds. The van der Waals surface area contributed by atoms with Crippen molar-refractivity contribution >= 4 is 45.1 Å². The molecule has 4 aromatic rings. The fourth-order valence-electron chi connectivity index (χ4n) is 2.40. The molecule has 8 heteroatoms. The molecule has 8 nitrogen and oxygen atoms in total. The number of hydrogen-bond donors (Lipinski definition) is 4. The van der Waals surface area contributed by atoms with Gasteiger partial charge in [-0.25, -0.2) is 4.98 Å². The first-order valence-corrected chi connectivity index (χ1v) is 7.18. The van der Waals surface area contributed by atoms with Gasteiger partial charge in [0, 0.05) is 16.8 Å². The maximum absolute atomic E-state index is 12.0. The lowest BCUT2D eigenvalue weighted by atomic mass is 10.2. The van der Waals surface area contributed by atoms with Gasteiger partial charge in [0.1, 0.15) is 0 Å². The molecule has 2 aromatic carbocycles. The molecule has 0 aliphatic rings. The number of imidazole rings is 1. The summed E-state index contributed by atoms with van der Waals surface area (Å²) in [5.41, 5.74) is 3.35. The fraction of sp³-hybridized carbons (Fsp3) is 0. The van der Waals surface area contributed by atoms with Gasteiger partial charge in [0.25, 0.3) is 0 Å². The van der Waals surface area contributed by atoms with E-state index in [1.807, 2.05) is 0 Å². The lowest BCUT2D eigenvalue weighted by Gasteiger charge is -2.06. The molecular formula is C16H12N6O2. The third-order valence-corrected chi connectivity index (χ3v) is 3.58. The monoisotopic (exact) mass is 320 g/mol. The van der Waals surface area contributed by atoms with E-state index in [9.17, 15) is 9.59 Å². The van der Waals surface area contributed by atoms with E-state index in [-0.39, 0.29) is 0 Å². The Kier molecular flexibility index (Phi) is 3.20. The van der Waals surface area contributed by atoms with E-state index in [4.69, 9.17) is 0 Å². The number of benzene rings is 2. The first kappa shape index (κ1) is 13.9. The number of nitrogens with zero attached hydrogens (tertiary/aromatic N) is 2. The first-order valence-electron chi connectivity index (χ1n) is 7.18. The lowest BCUT2D eigenvalue weighted by molar-refractivity contribution is -0.132. The Labute approximate surface area is 135 Å². The molecule has 0 atom stereocenters. The summed E-state index contributed by atoms with van der Waals surface area (Å²) in [6.45, 7) is 0. The Bertz CT molecular complexity index is 979. The van der Waals surface area contributed by atoms with E-state index in [0.717, 1.165) is 21.9 Å². The third-order valence-electron chi connectivity index (χ3n) is 3.58. The van der Waals surface area contributed by atoms with E-state index >= 15 is 0 Å². The second-order valence-corrected chi connectivity index (χ2v) is 5.21. The molecule has 4 N–H and O–H groups in total.